The molecule has 0 unspecified atom stereocenters. The van der Waals surface area contributed by atoms with Gasteiger partial charge in [0.15, 0.2) is 0 Å². The molecule has 0 amide bonds. The Hall–Kier alpha value is -3.78. The normalized spacial score (nSPS) is 10.4. The van der Waals surface area contributed by atoms with Crippen molar-refractivity contribution < 1.29 is 20.8 Å². The summed E-state index contributed by atoms with van der Waals surface area (Å²) in [6.45, 7) is 13.2. The fourth-order valence-corrected chi connectivity index (χ4v) is 7.69. The van der Waals surface area contributed by atoms with Gasteiger partial charge in [-0.1, -0.05) is 185 Å². The Kier molecular flexibility index (Phi) is 17.2. The summed E-state index contributed by atoms with van der Waals surface area (Å²) in [4.78, 5) is 0. The van der Waals surface area contributed by atoms with Gasteiger partial charge in [0.1, 0.15) is 0 Å². The third-order valence-corrected chi connectivity index (χ3v) is 9.84. The van der Waals surface area contributed by atoms with E-state index in [0.29, 0.717) is 0 Å². The Morgan fingerprint density at radius 3 is 1.14 bits per heavy atom. The predicted octanol–water partition coefficient (Wildman–Crippen LogP) is 16.5. The first-order valence-electron chi connectivity index (χ1n) is 19.6. The van der Waals surface area contributed by atoms with Crippen molar-refractivity contribution in [2.24, 2.45) is 0 Å². The molecular formula is C52H52Cl2SiZr. The molecule has 0 saturated carbocycles. The molecule has 8 aromatic carbocycles. The van der Waals surface area contributed by atoms with Crippen LogP contribution in [0, 0.1) is 13.8 Å². The molecule has 0 nitrogen and oxygen atoms in total. The second-order valence-corrected chi connectivity index (χ2v) is 18.9. The summed E-state index contributed by atoms with van der Waals surface area (Å²) in [5.41, 5.74) is 16.2. The molecule has 0 fully saturated rings. The molecule has 0 spiro atoms. The number of aryl methyl sites for hydroxylation is 4. The summed E-state index contributed by atoms with van der Waals surface area (Å²) in [7, 11) is 11.0. The van der Waals surface area contributed by atoms with E-state index in [-0.39, 0.29) is 0 Å². The van der Waals surface area contributed by atoms with Crippen LogP contribution in [-0.2, 0) is 33.7 Å². The first kappa shape index (κ1) is 43.3. The first-order valence-corrected chi connectivity index (χ1v) is 27.9. The van der Waals surface area contributed by atoms with Crippen LogP contribution in [0.15, 0.2) is 158 Å². The van der Waals surface area contributed by atoms with Gasteiger partial charge in [0.05, 0.1) is 0 Å². The van der Waals surface area contributed by atoms with E-state index in [0.717, 1.165) is 35.2 Å². The topological polar surface area (TPSA) is 0 Å². The minimum absolute atomic E-state index is 0.826. The van der Waals surface area contributed by atoms with E-state index in [2.05, 4.69) is 199 Å². The van der Waals surface area contributed by atoms with Crippen LogP contribution in [-0.4, -0.2) is 9.52 Å². The summed E-state index contributed by atoms with van der Waals surface area (Å²) in [6, 6.07) is 57.5. The molecule has 8 aromatic rings. The van der Waals surface area contributed by atoms with Gasteiger partial charge < -0.3 is 0 Å². The standard InChI is InChI=1S/2C25H23.C2H6Si.2ClH.Zr/c2*1-3-9-20-14-15-21-16-18(2)17-24(21)25(20)23-13-8-7-12-22(23)19-10-5-4-6-11-19;1-3-2;;;/h2*4-8,10-17H,3,9H2,1-2H3;1-2H3;2*1H;/q2*-1;;;;+4/p-2. The summed E-state index contributed by atoms with van der Waals surface area (Å²) >= 11 is -0.826. The molecular weight excluding hydrogens is 815 g/mol. The fraction of sp³-hybridized carbons (Fsp3) is 0.192. The molecule has 8 rings (SSSR count). The number of halogens is 2. The third kappa shape index (κ3) is 10.8. The Labute approximate surface area is 357 Å². The van der Waals surface area contributed by atoms with Gasteiger partial charge >= 0.3 is 37.9 Å². The fourth-order valence-electron chi connectivity index (χ4n) is 7.69. The zero-order valence-electron chi connectivity index (χ0n) is 33.6. The number of benzene rings is 6. The van der Waals surface area contributed by atoms with Crippen LogP contribution >= 0.6 is 17.0 Å². The van der Waals surface area contributed by atoms with Crippen LogP contribution in [0.3, 0.4) is 0 Å². The van der Waals surface area contributed by atoms with Gasteiger partial charge in [-0.2, -0.15) is 12.1 Å². The van der Waals surface area contributed by atoms with Crippen LogP contribution in [0.2, 0.25) is 13.1 Å². The van der Waals surface area contributed by atoms with Crippen molar-refractivity contribution in [1.29, 1.82) is 0 Å². The molecule has 2 radical (unpaired) electrons. The second-order valence-electron chi connectivity index (χ2n) is 14.2. The molecule has 0 aliphatic carbocycles. The van der Waals surface area contributed by atoms with Crippen molar-refractivity contribution in [2.45, 2.75) is 66.5 Å². The van der Waals surface area contributed by atoms with E-state index >= 15 is 0 Å². The second kappa shape index (κ2) is 22.2. The van der Waals surface area contributed by atoms with Crippen LogP contribution in [0.25, 0.3) is 66.1 Å². The Morgan fingerprint density at radius 1 is 0.482 bits per heavy atom. The molecule has 0 atom stereocenters. The maximum atomic E-state index is 4.93. The zero-order chi connectivity index (χ0) is 39.9. The van der Waals surface area contributed by atoms with Crippen molar-refractivity contribution >= 4 is 48.1 Å². The Balaban J connectivity index is 0.000000188. The third-order valence-electron chi connectivity index (χ3n) is 9.84. The molecule has 0 heterocycles. The average Bonchev–Trinajstić information content (AvgIpc) is 3.80. The zero-order valence-corrected chi connectivity index (χ0v) is 38.6. The maximum absolute atomic E-state index is 4.93. The molecule has 4 heteroatoms. The van der Waals surface area contributed by atoms with Crippen molar-refractivity contribution in [3.63, 3.8) is 0 Å². The van der Waals surface area contributed by atoms with Crippen molar-refractivity contribution in [3.8, 4) is 44.5 Å². The average molecular weight is 867 g/mol. The van der Waals surface area contributed by atoms with Crippen molar-refractivity contribution in [2.75, 3.05) is 0 Å². The van der Waals surface area contributed by atoms with E-state index in [9.17, 15) is 0 Å². The molecule has 282 valence electrons. The first-order chi connectivity index (χ1) is 27.4. The summed E-state index contributed by atoms with van der Waals surface area (Å²) < 4.78 is 0. The molecule has 0 aliphatic heterocycles. The monoisotopic (exact) mass is 864 g/mol. The van der Waals surface area contributed by atoms with E-state index in [1.807, 2.05) is 0 Å². The molecule has 0 N–H and O–H groups in total. The molecule has 56 heavy (non-hydrogen) atoms. The van der Waals surface area contributed by atoms with E-state index in [4.69, 9.17) is 17.0 Å². The number of hydrogen-bond acceptors (Lipinski definition) is 0. The Bertz CT molecular complexity index is 2230. The number of rotatable bonds is 8. The SMILES string of the molecule is CCCc1ccc2[cH-]c(C)cc2c1-c1ccccc1-c1ccccc1.CCCc1ccc2[cH-]c(C)cc2c1-c1ccccc1-c1ccccc1.C[Si]C.[Cl][Zr+2][Cl]. The van der Waals surface area contributed by atoms with Crippen LogP contribution < -0.4 is 0 Å². The summed E-state index contributed by atoms with van der Waals surface area (Å²) in [6.07, 6.45) is 4.54. The molecule has 0 aliphatic rings. The molecule has 0 saturated heterocycles. The van der Waals surface area contributed by atoms with E-state index < -0.39 is 20.8 Å². The Morgan fingerprint density at radius 2 is 0.804 bits per heavy atom. The predicted molar refractivity (Wildman–Crippen MR) is 247 cm³/mol. The summed E-state index contributed by atoms with van der Waals surface area (Å²) in [5.74, 6) is 0. The van der Waals surface area contributed by atoms with Gasteiger partial charge in [0.25, 0.3) is 0 Å². The van der Waals surface area contributed by atoms with Gasteiger partial charge in [-0.15, -0.1) is 69.1 Å². The number of hydrogen-bond donors (Lipinski definition) is 0. The number of fused-ring (bicyclic) bond motifs is 2. The minimum atomic E-state index is -0.826. The van der Waals surface area contributed by atoms with Gasteiger partial charge in [0.2, 0.25) is 0 Å². The van der Waals surface area contributed by atoms with Gasteiger partial charge in [0, 0.05) is 9.52 Å². The molecule has 0 aromatic heterocycles. The molecule has 0 bridgehead atoms. The quantitative estimate of drug-likeness (QED) is 0.105. The van der Waals surface area contributed by atoms with Gasteiger partial charge in [-0.3, -0.25) is 0 Å². The van der Waals surface area contributed by atoms with E-state index in [1.165, 1.54) is 88.3 Å². The van der Waals surface area contributed by atoms with Gasteiger partial charge in [-0.05, 0) is 46.2 Å². The van der Waals surface area contributed by atoms with E-state index in [1.54, 1.807) is 0 Å². The van der Waals surface area contributed by atoms with Crippen LogP contribution in [0.4, 0.5) is 0 Å². The van der Waals surface area contributed by atoms with Gasteiger partial charge in [-0.25, -0.2) is 0 Å². The van der Waals surface area contributed by atoms with Crippen molar-refractivity contribution in [1.82, 2.24) is 0 Å². The van der Waals surface area contributed by atoms with Crippen molar-refractivity contribution in [3.05, 3.63) is 180 Å². The van der Waals surface area contributed by atoms with Crippen LogP contribution in [0.5, 0.6) is 0 Å². The summed E-state index contributed by atoms with van der Waals surface area (Å²) in [5, 5.41) is 5.45. The van der Waals surface area contributed by atoms with Crippen LogP contribution in [0.1, 0.15) is 48.9 Å².